The molecule has 0 atom stereocenters. The van der Waals surface area contributed by atoms with E-state index < -0.39 is 5.97 Å². The van der Waals surface area contributed by atoms with E-state index in [1.807, 2.05) is 12.1 Å². The Morgan fingerprint density at radius 3 is 2.66 bits per heavy atom. The van der Waals surface area contributed by atoms with Crippen LogP contribution in [-0.2, 0) is 4.79 Å². The Labute approximate surface area is 194 Å². The Balaban J connectivity index is 0.000000654. The van der Waals surface area contributed by atoms with Gasteiger partial charge in [-0.25, -0.2) is 14.6 Å². The number of aromatic nitrogens is 2. The number of nitrogens with zero attached hydrogens (tertiary/aromatic N) is 2. The van der Waals surface area contributed by atoms with Crippen molar-refractivity contribution in [1.82, 2.24) is 24.9 Å². The van der Waals surface area contributed by atoms with Gasteiger partial charge < -0.3 is 20.3 Å². The van der Waals surface area contributed by atoms with Gasteiger partial charge in [0.2, 0.25) is 0 Å². The average Bonchev–Trinajstić information content (AvgIpc) is 3.21. The predicted octanol–water partition coefficient (Wildman–Crippen LogP) is 4.51. The number of carbonyl (C=O) groups is 2. The molecular weight excluding hydrogens is 426 g/mol. The van der Waals surface area contributed by atoms with E-state index >= 15 is 0 Å². The van der Waals surface area contributed by atoms with Gasteiger partial charge >= 0.3 is 12.0 Å². The van der Waals surface area contributed by atoms with Gasteiger partial charge in [-0.2, -0.15) is 0 Å². The Hall–Kier alpha value is -2.52. The van der Waals surface area contributed by atoms with Crippen molar-refractivity contribution in [3.8, 4) is 0 Å². The van der Waals surface area contributed by atoms with Gasteiger partial charge in [0.1, 0.15) is 5.03 Å². The summed E-state index contributed by atoms with van der Waals surface area (Å²) in [7, 11) is 0. The molecule has 1 aliphatic heterocycles. The maximum Gasteiger partial charge on any atom is 0.327 e. The number of rotatable bonds is 8. The summed E-state index contributed by atoms with van der Waals surface area (Å²) < 4.78 is 2.82. The molecule has 9 heteroatoms. The molecule has 8 nitrogen and oxygen atoms in total. The van der Waals surface area contributed by atoms with Crippen LogP contribution in [0.25, 0.3) is 11.0 Å². The molecule has 1 aliphatic rings. The number of nitrogens with one attached hydrogen (secondary N) is 3. The van der Waals surface area contributed by atoms with Crippen molar-refractivity contribution in [3.05, 3.63) is 36.5 Å². The zero-order valence-corrected chi connectivity index (χ0v) is 20.0. The topological polar surface area (TPSA) is 110 Å². The summed E-state index contributed by atoms with van der Waals surface area (Å²) in [6, 6.07) is 4.45. The molecule has 0 bridgehead atoms. The van der Waals surface area contributed by atoms with Crippen LogP contribution < -0.4 is 10.0 Å². The first-order valence-electron chi connectivity index (χ1n) is 11.1. The maximum absolute atomic E-state index is 11.8. The molecule has 4 N–H and O–H groups in total. The summed E-state index contributed by atoms with van der Waals surface area (Å²) >= 11 is 1.27. The number of aliphatic carboxylic acids is 1. The number of urea groups is 1. The van der Waals surface area contributed by atoms with Crippen molar-refractivity contribution >= 4 is 35.0 Å². The Kier molecular flexibility index (Phi) is 10.6. The van der Waals surface area contributed by atoms with E-state index in [1.165, 1.54) is 30.4 Å². The lowest BCUT2D eigenvalue weighted by atomic mass is 9.90. The van der Waals surface area contributed by atoms with Gasteiger partial charge in [0.05, 0.1) is 11.0 Å². The highest BCUT2D eigenvalue weighted by Crippen LogP contribution is 2.33. The number of fused-ring (bicyclic) bond motifs is 1. The minimum Gasteiger partial charge on any atom is -0.478 e. The fourth-order valence-electron chi connectivity index (χ4n) is 3.61. The van der Waals surface area contributed by atoms with E-state index in [0.29, 0.717) is 18.5 Å². The molecule has 0 radical (unpaired) electrons. The summed E-state index contributed by atoms with van der Waals surface area (Å²) in [5.41, 5.74) is 3.41. The summed E-state index contributed by atoms with van der Waals surface area (Å²) in [6.45, 7) is 12.6. The van der Waals surface area contributed by atoms with Crippen LogP contribution in [0.1, 0.15) is 57.9 Å². The quantitative estimate of drug-likeness (QED) is 0.261. The number of pyridine rings is 1. The van der Waals surface area contributed by atoms with Crippen LogP contribution >= 0.6 is 11.9 Å². The van der Waals surface area contributed by atoms with Crippen molar-refractivity contribution in [2.75, 3.05) is 19.6 Å². The summed E-state index contributed by atoms with van der Waals surface area (Å²) in [6.07, 6.45) is 7.35. The SMILES string of the molecule is C=CC(=O)O.CCCCNC(=O)NSc1ccc2[nH]cc(C3CCN(C(C)C)CC3)c2n1. The molecule has 0 aromatic carbocycles. The molecule has 0 saturated carbocycles. The highest BCUT2D eigenvalue weighted by atomic mass is 32.2. The first-order valence-corrected chi connectivity index (χ1v) is 11.9. The number of unbranched alkanes of at least 4 members (excludes halogenated alkanes) is 1. The lowest BCUT2D eigenvalue weighted by Gasteiger charge is -2.34. The number of hydrogen-bond acceptors (Lipinski definition) is 5. The molecule has 0 aliphatic carbocycles. The molecule has 2 amide bonds. The zero-order valence-electron chi connectivity index (χ0n) is 19.2. The third-order valence-corrected chi connectivity index (χ3v) is 6.19. The molecule has 2 aromatic rings. The number of carbonyl (C=O) groups excluding carboxylic acids is 1. The number of carboxylic acid groups (broad SMARTS) is 1. The van der Waals surface area contributed by atoms with Gasteiger partial charge in [-0.3, -0.25) is 4.72 Å². The normalized spacial score (nSPS) is 14.6. The average molecular weight is 462 g/mol. The van der Waals surface area contributed by atoms with Crippen molar-refractivity contribution in [2.45, 2.75) is 63.4 Å². The largest absolute Gasteiger partial charge is 0.478 e. The number of amides is 2. The summed E-state index contributed by atoms with van der Waals surface area (Å²) in [5.74, 6) is -0.434. The van der Waals surface area contributed by atoms with Crippen molar-refractivity contribution in [2.24, 2.45) is 0 Å². The van der Waals surface area contributed by atoms with Gasteiger partial charge in [-0.1, -0.05) is 19.9 Å². The van der Waals surface area contributed by atoms with E-state index in [0.717, 1.165) is 48.1 Å². The summed E-state index contributed by atoms with van der Waals surface area (Å²) in [4.78, 5) is 31.8. The number of hydrogen-bond donors (Lipinski definition) is 4. The van der Waals surface area contributed by atoms with Gasteiger partial charge in [0.25, 0.3) is 0 Å². The Morgan fingerprint density at radius 1 is 1.38 bits per heavy atom. The second-order valence-electron chi connectivity index (χ2n) is 8.05. The van der Waals surface area contributed by atoms with E-state index in [4.69, 9.17) is 10.1 Å². The lowest BCUT2D eigenvalue weighted by Crippen LogP contribution is -2.37. The first kappa shape index (κ1) is 25.7. The van der Waals surface area contributed by atoms with Crippen LogP contribution in [0.15, 0.2) is 36.0 Å². The van der Waals surface area contributed by atoms with E-state index in [9.17, 15) is 9.59 Å². The van der Waals surface area contributed by atoms with Gasteiger partial charge in [0.15, 0.2) is 0 Å². The number of likely N-dealkylation sites (tertiary alicyclic amines) is 1. The van der Waals surface area contributed by atoms with Crippen LogP contribution in [-0.4, -0.2) is 57.7 Å². The molecule has 3 heterocycles. The smallest absolute Gasteiger partial charge is 0.327 e. The van der Waals surface area contributed by atoms with E-state index in [-0.39, 0.29) is 6.03 Å². The highest BCUT2D eigenvalue weighted by Gasteiger charge is 2.24. The molecule has 1 saturated heterocycles. The van der Waals surface area contributed by atoms with Gasteiger partial charge in [-0.15, -0.1) is 0 Å². The van der Waals surface area contributed by atoms with E-state index in [2.05, 4.69) is 53.5 Å². The van der Waals surface area contributed by atoms with Crippen molar-refractivity contribution in [1.29, 1.82) is 0 Å². The van der Waals surface area contributed by atoms with Crippen molar-refractivity contribution < 1.29 is 14.7 Å². The van der Waals surface area contributed by atoms with Crippen LogP contribution in [0.3, 0.4) is 0 Å². The number of H-pyrrole nitrogens is 1. The predicted molar refractivity (Wildman–Crippen MR) is 130 cm³/mol. The van der Waals surface area contributed by atoms with Crippen LogP contribution in [0.5, 0.6) is 0 Å². The van der Waals surface area contributed by atoms with Crippen molar-refractivity contribution in [3.63, 3.8) is 0 Å². The number of carboxylic acids is 1. The lowest BCUT2D eigenvalue weighted by molar-refractivity contribution is -0.131. The minimum absolute atomic E-state index is 0.161. The molecule has 3 rings (SSSR count). The first-order chi connectivity index (χ1) is 15.3. The standard InChI is InChI=1S/C20H31N5OS.C3H4O2/c1-4-5-10-21-20(26)24-27-18-7-6-17-19(23-18)16(13-22-17)15-8-11-25(12-9-15)14(2)3;1-2-3(4)5/h6-7,13-15,22H,4-5,8-12H2,1-3H3,(H2,21,24,26);2H,1H2,(H,4,5). The fourth-order valence-corrected chi connectivity index (χ4v) is 4.15. The van der Waals surface area contributed by atoms with Gasteiger partial charge in [-0.05, 0) is 69.8 Å². The fraction of sp³-hybridized carbons (Fsp3) is 0.522. The molecule has 32 heavy (non-hydrogen) atoms. The van der Waals surface area contributed by atoms with Crippen LogP contribution in [0, 0.1) is 0 Å². The third kappa shape index (κ3) is 7.87. The van der Waals surface area contributed by atoms with E-state index in [1.54, 1.807) is 0 Å². The molecule has 176 valence electrons. The third-order valence-electron chi connectivity index (χ3n) is 5.46. The molecule has 2 aromatic heterocycles. The molecule has 0 unspecified atom stereocenters. The number of piperidine rings is 1. The second kappa shape index (κ2) is 13.1. The Bertz CT molecular complexity index is 891. The van der Waals surface area contributed by atoms with Gasteiger partial charge in [0, 0.05) is 36.8 Å². The molecule has 0 spiro atoms. The van der Waals surface area contributed by atoms with Crippen LogP contribution in [0.2, 0.25) is 0 Å². The second-order valence-corrected chi connectivity index (χ2v) is 8.88. The summed E-state index contributed by atoms with van der Waals surface area (Å²) in [5, 5.41) is 11.3. The number of aromatic amines is 1. The molecular formula is C23H35N5O3S. The minimum atomic E-state index is -0.981. The zero-order chi connectivity index (χ0) is 23.5. The maximum atomic E-state index is 11.8. The van der Waals surface area contributed by atoms with Crippen LogP contribution in [0.4, 0.5) is 4.79 Å². The molecule has 1 fully saturated rings. The highest BCUT2D eigenvalue weighted by molar-refractivity contribution is 7.97. The monoisotopic (exact) mass is 461 g/mol. The Morgan fingerprint density at radius 2 is 2.06 bits per heavy atom.